The molecule has 0 atom stereocenters. The van der Waals surface area contributed by atoms with Gasteiger partial charge in [0.15, 0.2) is 0 Å². The number of carbonyl (C=O) groups excluding carboxylic acids is 1. The summed E-state index contributed by atoms with van der Waals surface area (Å²) in [5.41, 5.74) is 4.51. The number of nitrogens with one attached hydrogen (secondary N) is 2. The van der Waals surface area contributed by atoms with Crippen LogP contribution in [0.4, 0.5) is 4.79 Å². The van der Waals surface area contributed by atoms with Crippen molar-refractivity contribution in [3.05, 3.63) is 59.7 Å². The lowest BCUT2D eigenvalue weighted by Crippen LogP contribution is -2.33. The summed E-state index contributed by atoms with van der Waals surface area (Å²) in [5, 5.41) is 5.39. The van der Waals surface area contributed by atoms with Gasteiger partial charge in [-0.3, -0.25) is 4.98 Å². The molecule has 4 nitrogen and oxygen atoms in total. The maximum absolute atomic E-state index is 11.4. The van der Waals surface area contributed by atoms with E-state index in [1.165, 1.54) is 0 Å². The van der Waals surface area contributed by atoms with E-state index in [-0.39, 0.29) is 6.03 Å². The van der Waals surface area contributed by atoms with Gasteiger partial charge in [0.25, 0.3) is 0 Å². The van der Waals surface area contributed by atoms with Gasteiger partial charge in [0.1, 0.15) is 0 Å². The minimum atomic E-state index is -0.244. The molecule has 0 spiro atoms. The molecule has 1 aliphatic carbocycles. The Labute approximate surface area is 93.4 Å². The van der Waals surface area contributed by atoms with Crippen molar-refractivity contribution in [3.63, 3.8) is 0 Å². The number of rotatable bonds is 3. The maximum atomic E-state index is 11.4. The second-order valence-electron chi connectivity index (χ2n) is 3.25. The molecule has 0 saturated heterocycles. The van der Waals surface area contributed by atoms with Gasteiger partial charge in [-0.25, -0.2) is 4.79 Å². The Morgan fingerprint density at radius 3 is 3.12 bits per heavy atom. The van der Waals surface area contributed by atoms with Gasteiger partial charge < -0.3 is 10.6 Å². The van der Waals surface area contributed by atoms with E-state index < -0.39 is 0 Å². The van der Waals surface area contributed by atoms with Crippen molar-refractivity contribution in [2.45, 2.75) is 6.54 Å². The summed E-state index contributed by atoms with van der Waals surface area (Å²) in [6, 6.07) is 3.49. The van der Waals surface area contributed by atoms with E-state index in [1.807, 2.05) is 18.2 Å². The molecule has 0 aromatic carbocycles. The molecule has 2 rings (SSSR count). The Morgan fingerprint density at radius 2 is 2.44 bits per heavy atom. The van der Waals surface area contributed by atoms with Crippen LogP contribution in [0.3, 0.4) is 0 Å². The minimum Gasteiger partial charge on any atom is -0.334 e. The Balaban J connectivity index is 1.80. The van der Waals surface area contributed by atoms with Crippen molar-refractivity contribution >= 4 is 6.03 Å². The largest absolute Gasteiger partial charge is 0.334 e. The maximum Gasteiger partial charge on any atom is 0.319 e. The van der Waals surface area contributed by atoms with E-state index in [9.17, 15) is 4.79 Å². The summed E-state index contributed by atoms with van der Waals surface area (Å²) in [4.78, 5) is 15.4. The standard InChI is InChI=1S/C12H11N3O/c16-12(15-11-5-1-2-6-11)14-9-10-4-3-7-13-8-10/h1-5,7-8H,9H2,(H2,14,15,16). The molecule has 0 saturated carbocycles. The third kappa shape index (κ3) is 2.83. The predicted molar refractivity (Wildman–Crippen MR) is 60.3 cm³/mol. The second-order valence-corrected chi connectivity index (χ2v) is 3.25. The lowest BCUT2D eigenvalue weighted by Gasteiger charge is -2.05. The minimum absolute atomic E-state index is 0.244. The van der Waals surface area contributed by atoms with Crippen LogP contribution in [0.2, 0.25) is 0 Å². The normalized spacial score (nSPS) is 12.4. The first-order chi connectivity index (χ1) is 7.84. The first kappa shape index (κ1) is 10.2. The Hall–Kier alpha value is -2.32. The highest BCUT2D eigenvalue weighted by atomic mass is 16.2. The molecule has 2 N–H and O–H groups in total. The Kier molecular flexibility index (Phi) is 3.16. The van der Waals surface area contributed by atoms with Crippen LogP contribution in [0.25, 0.3) is 0 Å². The average molecular weight is 213 g/mol. The van der Waals surface area contributed by atoms with Gasteiger partial charge in [0.05, 0.1) is 5.70 Å². The highest BCUT2D eigenvalue weighted by molar-refractivity contribution is 5.76. The van der Waals surface area contributed by atoms with E-state index >= 15 is 0 Å². The molecule has 0 fully saturated rings. The van der Waals surface area contributed by atoms with E-state index in [0.717, 1.165) is 5.56 Å². The van der Waals surface area contributed by atoms with Crippen LogP contribution in [0.1, 0.15) is 5.56 Å². The molecule has 2 amide bonds. The molecule has 16 heavy (non-hydrogen) atoms. The molecule has 4 heteroatoms. The van der Waals surface area contributed by atoms with E-state index in [4.69, 9.17) is 0 Å². The number of hydrogen-bond acceptors (Lipinski definition) is 2. The SMILES string of the molecule is O=C(NCc1cccnc1)NC1=C=CC=C1. The first-order valence-electron chi connectivity index (χ1n) is 4.92. The lowest BCUT2D eigenvalue weighted by molar-refractivity contribution is 0.243. The Bertz CT molecular complexity index is 470. The molecular formula is C12H11N3O. The Morgan fingerprint density at radius 1 is 1.50 bits per heavy atom. The zero-order chi connectivity index (χ0) is 11.2. The van der Waals surface area contributed by atoms with Gasteiger partial charge in [-0.2, -0.15) is 0 Å². The van der Waals surface area contributed by atoms with Crippen molar-refractivity contribution in [1.29, 1.82) is 0 Å². The summed E-state index contributed by atoms with van der Waals surface area (Å²) in [6.07, 6.45) is 8.76. The van der Waals surface area contributed by atoms with Gasteiger partial charge in [0, 0.05) is 18.9 Å². The zero-order valence-corrected chi connectivity index (χ0v) is 8.60. The summed E-state index contributed by atoms with van der Waals surface area (Å²) in [5.74, 6) is 0. The van der Waals surface area contributed by atoms with Crippen LogP contribution in [0, 0.1) is 0 Å². The average Bonchev–Trinajstić information content (AvgIpc) is 2.81. The fourth-order valence-electron chi connectivity index (χ4n) is 1.26. The number of pyridine rings is 1. The van der Waals surface area contributed by atoms with Gasteiger partial charge in [0.2, 0.25) is 0 Å². The zero-order valence-electron chi connectivity index (χ0n) is 8.60. The summed E-state index contributed by atoms with van der Waals surface area (Å²) in [7, 11) is 0. The van der Waals surface area contributed by atoms with Crippen molar-refractivity contribution in [2.24, 2.45) is 0 Å². The summed E-state index contributed by atoms with van der Waals surface area (Å²) >= 11 is 0. The van der Waals surface area contributed by atoms with Crippen LogP contribution in [-0.4, -0.2) is 11.0 Å². The molecule has 0 bridgehead atoms. The summed E-state index contributed by atoms with van der Waals surface area (Å²) < 4.78 is 0. The number of amides is 2. The second kappa shape index (κ2) is 4.96. The highest BCUT2D eigenvalue weighted by Gasteiger charge is 2.02. The lowest BCUT2D eigenvalue weighted by atomic mass is 10.3. The van der Waals surface area contributed by atoms with Crippen LogP contribution in [0.15, 0.2) is 54.2 Å². The summed E-state index contributed by atoms with van der Waals surface area (Å²) in [6.45, 7) is 0.459. The first-order valence-corrected chi connectivity index (χ1v) is 4.92. The molecule has 1 aliphatic rings. The van der Waals surface area contributed by atoms with Crippen molar-refractivity contribution < 1.29 is 4.79 Å². The van der Waals surface area contributed by atoms with Gasteiger partial charge >= 0.3 is 6.03 Å². The van der Waals surface area contributed by atoms with Gasteiger partial charge in [-0.15, -0.1) is 0 Å². The number of nitrogens with zero attached hydrogens (tertiary/aromatic N) is 1. The van der Waals surface area contributed by atoms with E-state index in [1.54, 1.807) is 24.5 Å². The number of hydrogen-bond donors (Lipinski definition) is 2. The van der Waals surface area contributed by atoms with E-state index in [0.29, 0.717) is 12.2 Å². The molecule has 0 aliphatic heterocycles. The number of carbonyl (C=O) groups is 1. The fraction of sp³-hybridized carbons (Fsp3) is 0.0833. The third-order valence-electron chi connectivity index (χ3n) is 2.02. The predicted octanol–water partition coefficient (Wildman–Crippen LogP) is 1.49. The topological polar surface area (TPSA) is 54.0 Å². The van der Waals surface area contributed by atoms with Crippen molar-refractivity contribution in [3.8, 4) is 0 Å². The van der Waals surface area contributed by atoms with Crippen molar-refractivity contribution in [1.82, 2.24) is 15.6 Å². The quantitative estimate of drug-likeness (QED) is 0.747. The van der Waals surface area contributed by atoms with E-state index in [2.05, 4.69) is 21.3 Å². The van der Waals surface area contributed by atoms with Crippen LogP contribution in [0.5, 0.6) is 0 Å². The smallest absolute Gasteiger partial charge is 0.319 e. The van der Waals surface area contributed by atoms with Gasteiger partial charge in [-0.1, -0.05) is 17.9 Å². The highest BCUT2D eigenvalue weighted by Crippen LogP contribution is 1.97. The van der Waals surface area contributed by atoms with Crippen molar-refractivity contribution in [2.75, 3.05) is 0 Å². The fourth-order valence-corrected chi connectivity index (χ4v) is 1.26. The molecular weight excluding hydrogens is 202 g/mol. The molecule has 1 aromatic heterocycles. The third-order valence-corrected chi connectivity index (χ3v) is 2.02. The monoisotopic (exact) mass is 213 g/mol. The molecule has 1 aromatic rings. The molecule has 80 valence electrons. The number of urea groups is 1. The van der Waals surface area contributed by atoms with Gasteiger partial charge in [-0.05, 0) is 23.8 Å². The number of allylic oxidation sites excluding steroid dienone is 2. The van der Waals surface area contributed by atoms with Crippen LogP contribution in [-0.2, 0) is 6.54 Å². The molecule has 0 unspecified atom stereocenters. The van der Waals surface area contributed by atoms with Crippen LogP contribution >= 0.6 is 0 Å². The number of aromatic nitrogens is 1. The van der Waals surface area contributed by atoms with Crippen LogP contribution < -0.4 is 10.6 Å². The molecule has 0 radical (unpaired) electrons. The molecule has 1 heterocycles.